The molecule has 0 bridgehead atoms. The molecule has 1 aliphatic rings. The molecule has 0 radical (unpaired) electrons. The number of imidazole rings is 1. The Morgan fingerprint density at radius 2 is 1.94 bits per heavy atom. The Morgan fingerprint density at radius 1 is 1.19 bits per heavy atom. The fourth-order valence-electron chi connectivity index (χ4n) is 4.55. The van der Waals surface area contributed by atoms with E-state index in [1.807, 2.05) is 31.2 Å². The number of benzene rings is 1. The standard InChI is InChI=1S/C24H33N7O5/c1-3-14(6-9-16(25)23(34)27-10-13-4-7-15(35-2)8-5-13)20-18(32)19(33)24(36-20)31-12-30-17-21(26)28-11-29-22(17)31/h4-5,7-8,11-12,14,16,18-20,24,32-33H,3,6,9-10,25H2,1-2H3,(H,27,34)(H2,26,28,29)/t14-,16-,18?,19-,20+,24+/m0/s1. The van der Waals surface area contributed by atoms with E-state index in [2.05, 4.69) is 20.3 Å². The third-order valence-corrected chi connectivity index (χ3v) is 6.74. The number of aromatic nitrogens is 4. The van der Waals surface area contributed by atoms with Crippen LogP contribution in [0.5, 0.6) is 5.75 Å². The molecule has 3 aromatic rings. The number of methoxy groups -OCH3 is 1. The lowest BCUT2D eigenvalue weighted by atomic mass is 9.89. The van der Waals surface area contributed by atoms with Crippen LogP contribution in [0.25, 0.3) is 11.2 Å². The van der Waals surface area contributed by atoms with Gasteiger partial charge in [-0.2, -0.15) is 0 Å². The first-order valence-electron chi connectivity index (χ1n) is 11.9. The van der Waals surface area contributed by atoms with E-state index < -0.39 is 30.6 Å². The summed E-state index contributed by atoms with van der Waals surface area (Å²) in [6.45, 7) is 2.33. The average molecular weight is 500 g/mol. The van der Waals surface area contributed by atoms with Crippen molar-refractivity contribution in [3.63, 3.8) is 0 Å². The van der Waals surface area contributed by atoms with Crippen molar-refractivity contribution in [1.29, 1.82) is 0 Å². The van der Waals surface area contributed by atoms with E-state index in [4.69, 9.17) is 20.9 Å². The number of hydrogen-bond acceptors (Lipinski definition) is 10. The predicted octanol–water partition coefficient (Wildman–Crippen LogP) is 0.486. The summed E-state index contributed by atoms with van der Waals surface area (Å²) in [5.74, 6) is 0.576. The highest BCUT2D eigenvalue weighted by atomic mass is 16.6. The number of nitrogen functional groups attached to an aromatic ring is 1. The summed E-state index contributed by atoms with van der Waals surface area (Å²) in [4.78, 5) is 24.8. The predicted molar refractivity (Wildman–Crippen MR) is 131 cm³/mol. The maximum Gasteiger partial charge on any atom is 0.237 e. The lowest BCUT2D eigenvalue weighted by Crippen LogP contribution is -2.41. The Kier molecular flexibility index (Phi) is 7.99. The van der Waals surface area contributed by atoms with Crippen LogP contribution in [0.4, 0.5) is 5.82 Å². The topological polar surface area (TPSA) is 184 Å². The van der Waals surface area contributed by atoms with E-state index >= 15 is 0 Å². The molecule has 194 valence electrons. The number of nitrogens with one attached hydrogen (secondary N) is 1. The van der Waals surface area contributed by atoms with Gasteiger partial charge in [0.25, 0.3) is 0 Å². The Hall–Kier alpha value is -3.32. The summed E-state index contributed by atoms with van der Waals surface area (Å²) < 4.78 is 12.8. The molecule has 1 amide bonds. The van der Waals surface area contributed by atoms with Crippen molar-refractivity contribution >= 4 is 22.9 Å². The second kappa shape index (κ2) is 11.2. The molecule has 12 heteroatoms. The van der Waals surface area contributed by atoms with Crippen LogP contribution in [-0.2, 0) is 16.1 Å². The number of ether oxygens (including phenoxy) is 2. The first-order valence-corrected chi connectivity index (χ1v) is 11.9. The minimum absolute atomic E-state index is 0.130. The van der Waals surface area contributed by atoms with E-state index in [0.717, 1.165) is 11.3 Å². The molecule has 1 unspecified atom stereocenters. The summed E-state index contributed by atoms with van der Waals surface area (Å²) >= 11 is 0. The number of aliphatic hydroxyl groups is 2. The third-order valence-electron chi connectivity index (χ3n) is 6.74. The highest BCUT2D eigenvalue weighted by molar-refractivity contribution is 5.81. The van der Waals surface area contributed by atoms with Gasteiger partial charge < -0.3 is 36.5 Å². The number of hydrogen-bond donors (Lipinski definition) is 5. The lowest BCUT2D eigenvalue weighted by molar-refractivity contribution is -0.122. The Labute approximate surface area is 208 Å². The van der Waals surface area contributed by atoms with Gasteiger partial charge in [-0.3, -0.25) is 9.36 Å². The summed E-state index contributed by atoms with van der Waals surface area (Å²) in [6, 6.07) is 6.70. The lowest BCUT2D eigenvalue weighted by Gasteiger charge is -2.25. The quantitative estimate of drug-likeness (QED) is 0.263. The molecule has 2 aromatic heterocycles. The third kappa shape index (κ3) is 5.26. The number of rotatable bonds is 10. The minimum atomic E-state index is -1.20. The molecule has 7 N–H and O–H groups in total. The number of anilines is 1. The summed E-state index contributed by atoms with van der Waals surface area (Å²) in [5, 5.41) is 24.4. The van der Waals surface area contributed by atoms with Crippen molar-refractivity contribution in [2.24, 2.45) is 11.7 Å². The van der Waals surface area contributed by atoms with Crippen LogP contribution < -0.4 is 21.5 Å². The van der Waals surface area contributed by atoms with Crippen LogP contribution >= 0.6 is 0 Å². The van der Waals surface area contributed by atoms with Gasteiger partial charge in [0.2, 0.25) is 5.91 Å². The summed E-state index contributed by atoms with van der Waals surface area (Å²) in [5.41, 5.74) is 13.7. The van der Waals surface area contributed by atoms with Crippen LogP contribution in [0.1, 0.15) is 38.0 Å². The first kappa shape index (κ1) is 25.8. The van der Waals surface area contributed by atoms with E-state index in [0.29, 0.717) is 37.0 Å². The minimum Gasteiger partial charge on any atom is -0.497 e. The zero-order valence-corrected chi connectivity index (χ0v) is 20.3. The molecule has 3 heterocycles. The molecule has 1 fully saturated rings. The number of nitrogens with two attached hydrogens (primary N) is 2. The van der Waals surface area contributed by atoms with Gasteiger partial charge in [0.1, 0.15) is 29.8 Å². The van der Waals surface area contributed by atoms with Crippen LogP contribution in [0.3, 0.4) is 0 Å². The normalized spacial score (nSPS) is 23.5. The van der Waals surface area contributed by atoms with E-state index in [1.54, 1.807) is 11.7 Å². The van der Waals surface area contributed by atoms with Gasteiger partial charge in [-0.25, -0.2) is 15.0 Å². The smallest absolute Gasteiger partial charge is 0.237 e. The largest absolute Gasteiger partial charge is 0.497 e. The van der Waals surface area contributed by atoms with Crippen LogP contribution in [0, 0.1) is 5.92 Å². The molecular weight excluding hydrogens is 466 g/mol. The molecule has 0 spiro atoms. The second-order valence-electron chi connectivity index (χ2n) is 8.97. The molecule has 36 heavy (non-hydrogen) atoms. The summed E-state index contributed by atoms with van der Waals surface area (Å²) in [6.07, 6.45) is 0.508. The molecule has 1 aliphatic heterocycles. The number of amides is 1. The van der Waals surface area contributed by atoms with Crippen molar-refractivity contribution in [1.82, 2.24) is 24.8 Å². The van der Waals surface area contributed by atoms with Gasteiger partial charge in [-0.15, -0.1) is 0 Å². The van der Waals surface area contributed by atoms with E-state index in [1.165, 1.54) is 12.7 Å². The highest BCUT2D eigenvalue weighted by Gasteiger charge is 2.47. The average Bonchev–Trinajstić information content (AvgIpc) is 3.45. The second-order valence-corrected chi connectivity index (χ2v) is 8.97. The monoisotopic (exact) mass is 499 g/mol. The maximum absolute atomic E-state index is 12.5. The molecule has 0 saturated carbocycles. The first-order chi connectivity index (χ1) is 17.3. The number of fused-ring (bicyclic) bond motifs is 1. The fourth-order valence-corrected chi connectivity index (χ4v) is 4.55. The highest BCUT2D eigenvalue weighted by Crippen LogP contribution is 2.37. The van der Waals surface area contributed by atoms with Crippen molar-refractivity contribution in [3.8, 4) is 5.75 Å². The van der Waals surface area contributed by atoms with Gasteiger partial charge in [0, 0.05) is 6.54 Å². The van der Waals surface area contributed by atoms with Gasteiger partial charge in [-0.1, -0.05) is 25.5 Å². The van der Waals surface area contributed by atoms with Crippen LogP contribution in [-0.4, -0.2) is 67.1 Å². The van der Waals surface area contributed by atoms with Crippen molar-refractivity contribution < 1.29 is 24.5 Å². The molecular formula is C24H33N7O5. The Bertz CT molecular complexity index is 1170. The SMILES string of the molecule is CC[C@@H](CC[C@H](N)C(=O)NCc1ccc(OC)cc1)[C@H]1O[C@@H](n2cnc3c(N)ncnc32)[C@@H](O)C1O. The van der Waals surface area contributed by atoms with Gasteiger partial charge >= 0.3 is 0 Å². The molecule has 4 rings (SSSR count). The Morgan fingerprint density at radius 3 is 2.64 bits per heavy atom. The van der Waals surface area contributed by atoms with Crippen molar-refractivity contribution in [3.05, 3.63) is 42.5 Å². The zero-order valence-electron chi connectivity index (χ0n) is 20.3. The number of carbonyl (C=O) groups excluding carboxylic acids is 1. The number of carbonyl (C=O) groups is 1. The molecule has 1 aromatic carbocycles. The van der Waals surface area contributed by atoms with Gasteiger partial charge in [0.15, 0.2) is 17.7 Å². The molecule has 6 atom stereocenters. The molecule has 0 aliphatic carbocycles. The van der Waals surface area contributed by atoms with Crippen LogP contribution in [0.15, 0.2) is 36.9 Å². The maximum atomic E-state index is 12.5. The molecule has 12 nitrogen and oxygen atoms in total. The van der Waals surface area contributed by atoms with Crippen molar-refractivity contribution in [2.45, 2.75) is 63.3 Å². The van der Waals surface area contributed by atoms with Gasteiger partial charge in [-0.05, 0) is 36.5 Å². The zero-order chi connectivity index (χ0) is 25.8. The van der Waals surface area contributed by atoms with Gasteiger partial charge in [0.05, 0.1) is 25.6 Å². The number of nitrogens with zero attached hydrogens (tertiary/aromatic N) is 4. The van der Waals surface area contributed by atoms with E-state index in [9.17, 15) is 15.0 Å². The molecule has 1 saturated heterocycles. The Balaban J connectivity index is 1.34. The van der Waals surface area contributed by atoms with E-state index in [-0.39, 0.29) is 17.6 Å². The fraction of sp³-hybridized carbons (Fsp3) is 0.500. The van der Waals surface area contributed by atoms with Crippen molar-refractivity contribution in [2.75, 3.05) is 12.8 Å². The van der Waals surface area contributed by atoms with Crippen LogP contribution in [0.2, 0.25) is 0 Å². The summed E-state index contributed by atoms with van der Waals surface area (Å²) in [7, 11) is 1.60. The number of aliphatic hydroxyl groups excluding tert-OH is 2.